The van der Waals surface area contributed by atoms with Crippen molar-refractivity contribution >= 4 is 29.1 Å². The number of nitrogens with zero attached hydrogens (tertiary/aromatic N) is 1. The molecule has 0 spiro atoms. The van der Waals surface area contributed by atoms with Crippen molar-refractivity contribution in [1.82, 2.24) is 4.90 Å². The Morgan fingerprint density at radius 2 is 1.94 bits per heavy atom. The molecule has 0 saturated carbocycles. The quantitative estimate of drug-likeness (QED) is 0.331. The zero-order valence-corrected chi connectivity index (χ0v) is 18.8. The van der Waals surface area contributed by atoms with E-state index < -0.39 is 36.4 Å². The van der Waals surface area contributed by atoms with Crippen molar-refractivity contribution in [3.05, 3.63) is 68.7 Å². The molecule has 8 nitrogen and oxygen atoms in total. The van der Waals surface area contributed by atoms with Crippen LogP contribution in [-0.4, -0.2) is 74.9 Å². The van der Waals surface area contributed by atoms with Gasteiger partial charge in [0.2, 0.25) is 0 Å². The summed E-state index contributed by atoms with van der Waals surface area (Å²) in [5.74, 6) is -1.54. The predicted octanol–water partition coefficient (Wildman–Crippen LogP) is 0.319. The summed E-state index contributed by atoms with van der Waals surface area (Å²) in [5.41, 5.74) is 5.12. The third-order valence-electron chi connectivity index (χ3n) is 5.93. The first-order chi connectivity index (χ1) is 15.0. The van der Waals surface area contributed by atoms with Gasteiger partial charge in [0.15, 0.2) is 5.60 Å². The smallest absolute Gasteiger partial charge is 0.256 e. The van der Waals surface area contributed by atoms with Gasteiger partial charge in [-0.2, -0.15) is 0 Å². The predicted molar refractivity (Wildman–Crippen MR) is 119 cm³/mol. The van der Waals surface area contributed by atoms with Crippen LogP contribution in [0.3, 0.4) is 0 Å². The molecule has 174 valence electrons. The average molecular weight is 485 g/mol. The lowest BCUT2D eigenvalue weighted by Gasteiger charge is -2.36. The number of amides is 1. The molecule has 0 aromatic heterocycles. The minimum Gasteiger partial charge on any atom is -0.394 e. The molecule has 7 N–H and O–H groups in total. The first-order valence-corrected chi connectivity index (χ1v) is 10.7. The number of aliphatic hydroxyl groups is 5. The maximum absolute atomic E-state index is 12.2. The molecule has 0 fully saturated rings. The van der Waals surface area contributed by atoms with E-state index in [-0.39, 0.29) is 11.5 Å². The first kappa shape index (κ1) is 24.9. The number of fused-ring (bicyclic) bond motifs is 1. The lowest BCUT2D eigenvalue weighted by atomic mass is 9.79. The van der Waals surface area contributed by atoms with Gasteiger partial charge in [0.05, 0.1) is 6.61 Å². The van der Waals surface area contributed by atoms with Gasteiger partial charge in [0.25, 0.3) is 5.91 Å². The molecule has 1 aliphatic heterocycles. The minimum atomic E-state index is -2.72. The van der Waals surface area contributed by atoms with E-state index in [9.17, 15) is 25.2 Å². The number of rotatable bonds is 7. The number of benzene rings is 2. The molecule has 0 radical (unpaired) electrons. The van der Waals surface area contributed by atoms with E-state index in [1.165, 1.54) is 12.1 Å². The maximum Gasteiger partial charge on any atom is 0.256 e. The number of hydrogen-bond donors (Lipinski definition) is 6. The van der Waals surface area contributed by atoms with Crippen LogP contribution in [0.1, 0.15) is 28.2 Å². The van der Waals surface area contributed by atoms with Gasteiger partial charge in [-0.3, -0.25) is 4.79 Å². The second-order valence-corrected chi connectivity index (χ2v) is 8.99. The van der Waals surface area contributed by atoms with Crippen molar-refractivity contribution in [3.63, 3.8) is 0 Å². The van der Waals surface area contributed by atoms with E-state index in [2.05, 4.69) is 4.90 Å². The summed E-state index contributed by atoms with van der Waals surface area (Å²) in [6.45, 7) is 0.326. The van der Waals surface area contributed by atoms with Crippen LogP contribution in [0.5, 0.6) is 0 Å². The molecule has 3 rings (SSSR count). The van der Waals surface area contributed by atoms with Gasteiger partial charge in [-0.1, -0.05) is 47.5 Å². The van der Waals surface area contributed by atoms with Crippen molar-refractivity contribution in [2.45, 2.75) is 36.4 Å². The third-order valence-corrected chi connectivity index (χ3v) is 6.49. The monoisotopic (exact) mass is 484 g/mol. The summed E-state index contributed by atoms with van der Waals surface area (Å²) in [7, 11) is 1.93. The second kappa shape index (κ2) is 9.62. The molecule has 0 saturated heterocycles. The summed E-state index contributed by atoms with van der Waals surface area (Å²) in [6.07, 6.45) is -6.01. The Bertz CT molecular complexity index is 1010. The molecular formula is C22H26Cl2N2O6. The minimum absolute atomic E-state index is 0.0675. The van der Waals surface area contributed by atoms with Gasteiger partial charge < -0.3 is 36.2 Å². The molecule has 1 heterocycles. The lowest BCUT2D eigenvalue weighted by molar-refractivity contribution is -0.176. The van der Waals surface area contributed by atoms with E-state index >= 15 is 0 Å². The van der Waals surface area contributed by atoms with Crippen molar-refractivity contribution in [1.29, 1.82) is 0 Å². The van der Waals surface area contributed by atoms with Crippen LogP contribution in [0.15, 0.2) is 36.4 Å². The highest BCUT2D eigenvalue weighted by Crippen LogP contribution is 2.39. The second-order valence-electron chi connectivity index (χ2n) is 8.15. The van der Waals surface area contributed by atoms with Gasteiger partial charge in [-0.05, 0) is 41.4 Å². The molecule has 5 unspecified atom stereocenters. The van der Waals surface area contributed by atoms with E-state index in [4.69, 9.17) is 34.0 Å². The van der Waals surface area contributed by atoms with E-state index in [1.54, 1.807) is 18.2 Å². The molecule has 1 aliphatic rings. The summed E-state index contributed by atoms with van der Waals surface area (Å²) in [4.78, 5) is 14.3. The number of carbonyl (C=O) groups excluding carboxylic acids is 1. The van der Waals surface area contributed by atoms with Crippen LogP contribution in [0.4, 0.5) is 0 Å². The number of halogens is 2. The van der Waals surface area contributed by atoms with Gasteiger partial charge in [-0.15, -0.1) is 0 Å². The Labute approximate surface area is 195 Å². The molecule has 1 amide bonds. The number of likely N-dealkylation sites (N-methyl/N-ethyl adjacent to an activating group) is 1. The van der Waals surface area contributed by atoms with Crippen LogP contribution >= 0.6 is 23.2 Å². The summed E-state index contributed by atoms with van der Waals surface area (Å²) in [6, 6.07) is 9.76. The third kappa shape index (κ3) is 4.50. The van der Waals surface area contributed by atoms with Crippen molar-refractivity contribution in [3.8, 4) is 0 Å². The van der Waals surface area contributed by atoms with Crippen LogP contribution < -0.4 is 5.73 Å². The lowest BCUT2D eigenvalue weighted by Crippen LogP contribution is -2.58. The fourth-order valence-corrected chi connectivity index (χ4v) is 4.72. The standard InChI is InChI=1S/C22H26Cl2N2O6/c1-26-8-15(14-6-13(23)7-17(24)16(14)9-26)11-3-2-4-12(5-11)22(32,21(25)31)20(30)19(29)18(28)10-27/h2-7,15,18-20,27-30,32H,8-10H2,1H3,(H2,25,31). The Morgan fingerprint density at radius 1 is 1.25 bits per heavy atom. The van der Waals surface area contributed by atoms with Gasteiger partial charge in [-0.25, -0.2) is 0 Å². The van der Waals surface area contributed by atoms with Crippen molar-refractivity contribution < 1.29 is 30.3 Å². The fourth-order valence-electron chi connectivity index (χ4n) is 4.15. The fraction of sp³-hybridized carbons (Fsp3) is 0.409. The van der Waals surface area contributed by atoms with Gasteiger partial charge in [0, 0.05) is 29.1 Å². The number of hydrogen-bond acceptors (Lipinski definition) is 7. The zero-order chi connectivity index (χ0) is 23.8. The number of aliphatic hydroxyl groups excluding tert-OH is 4. The van der Waals surface area contributed by atoms with Crippen molar-refractivity contribution in [2.24, 2.45) is 5.73 Å². The Kier molecular flexibility index (Phi) is 7.48. The topological polar surface area (TPSA) is 147 Å². The van der Waals surface area contributed by atoms with Gasteiger partial charge >= 0.3 is 0 Å². The number of primary amides is 1. The highest BCUT2D eigenvalue weighted by Gasteiger charge is 2.49. The van der Waals surface area contributed by atoms with E-state index in [1.807, 2.05) is 13.1 Å². The molecule has 32 heavy (non-hydrogen) atoms. The summed E-state index contributed by atoms with van der Waals surface area (Å²) < 4.78 is 0. The molecular weight excluding hydrogens is 459 g/mol. The maximum atomic E-state index is 12.2. The first-order valence-electron chi connectivity index (χ1n) is 9.94. The normalized spacial score (nSPS) is 21.3. The Hall–Kier alpha value is -1.75. The largest absolute Gasteiger partial charge is 0.394 e. The van der Waals surface area contributed by atoms with Crippen LogP contribution in [0, 0.1) is 0 Å². The number of nitrogens with two attached hydrogens (primary N) is 1. The van der Waals surface area contributed by atoms with E-state index in [0.717, 1.165) is 11.1 Å². The van der Waals surface area contributed by atoms with E-state index in [0.29, 0.717) is 28.7 Å². The van der Waals surface area contributed by atoms with Crippen LogP contribution in [0.25, 0.3) is 0 Å². The van der Waals surface area contributed by atoms with Crippen molar-refractivity contribution in [2.75, 3.05) is 20.2 Å². The number of carbonyl (C=O) groups is 1. The molecule has 10 heteroatoms. The highest BCUT2D eigenvalue weighted by molar-refractivity contribution is 6.35. The SMILES string of the molecule is CN1Cc2c(Cl)cc(Cl)cc2C(c2cccc(C(O)(C(N)=O)C(O)C(O)C(O)CO)c2)C1. The Morgan fingerprint density at radius 3 is 2.56 bits per heavy atom. The Balaban J connectivity index is 2.09. The molecule has 2 aromatic rings. The van der Waals surface area contributed by atoms with Gasteiger partial charge in [0.1, 0.15) is 18.3 Å². The molecule has 2 aromatic carbocycles. The van der Waals surface area contributed by atoms with Crippen LogP contribution in [-0.2, 0) is 16.9 Å². The summed E-state index contributed by atoms with van der Waals surface area (Å²) >= 11 is 12.6. The van der Waals surface area contributed by atoms with Crippen LogP contribution in [0.2, 0.25) is 10.0 Å². The summed E-state index contributed by atoms with van der Waals surface area (Å²) in [5, 5.41) is 51.5. The molecule has 5 atom stereocenters. The molecule has 0 aliphatic carbocycles. The highest BCUT2D eigenvalue weighted by atomic mass is 35.5. The zero-order valence-electron chi connectivity index (χ0n) is 17.3. The molecule has 0 bridgehead atoms. The average Bonchev–Trinajstić information content (AvgIpc) is 2.76.